The van der Waals surface area contributed by atoms with Gasteiger partial charge in [0, 0.05) is 22.3 Å². The van der Waals surface area contributed by atoms with Crippen molar-refractivity contribution in [2.45, 2.75) is 6.92 Å². The fraction of sp³-hybridized carbons (Fsp3) is 0.102. The second-order valence-corrected chi connectivity index (χ2v) is 13.8. The second-order valence-electron chi connectivity index (χ2n) is 13.8. The van der Waals surface area contributed by atoms with Crippen LogP contribution in [0.4, 0.5) is 0 Å². The Hall–Kier alpha value is -8.12. The molecule has 0 aliphatic rings. The number of fused-ring (bicyclic) bond motifs is 2. The molecule has 0 fully saturated rings. The number of esters is 4. The number of aromatic nitrogens is 4. The van der Waals surface area contributed by atoms with Crippen LogP contribution in [0.25, 0.3) is 78.2 Å². The average molecular weight is 809 g/mol. The molecular formula is C49H36N4O8. The van der Waals surface area contributed by atoms with Gasteiger partial charge < -0.3 is 18.9 Å². The number of ether oxygens (including phenoxy) is 4. The fourth-order valence-corrected chi connectivity index (χ4v) is 6.90. The normalized spacial score (nSPS) is 11.0. The minimum atomic E-state index is -0.455. The van der Waals surface area contributed by atoms with Crippen molar-refractivity contribution in [1.29, 1.82) is 0 Å². The molecular weight excluding hydrogens is 773 g/mol. The highest BCUT2D eigenvalue weighted by Gasteiger charge is 2.19. The van der Waals surface area contributed by atoms with Gasteiger partial charge in [-0.25, -0.2) is 39.1 Å². The Morgan fingerprint density at radius 1 is 0.361 bits per heavy atom. The summed E-state index contributed by atoms with van der Waals surface area (Å²) in [6.45, 7) is 2.02. The van der Waals surface area contributed by atoms with E-state index in [1.807, 2.05) is 48.5 Å². The molecule has 0 unspecified atom stereocenters. The third-order valence-electron chi connectivity index (χ3n) is 10.1. The quantitative estimate of drug-likeness (QED) is 0.0954. The first-order valence-corrected chi connectivity index (χ1v) is 19.2. The van der Waals surface area contributed by atoms with Crippen LogP contribution in [0.3, 0.4) is 0 Å². The number of methoxy groups -OCH3 is 3. The molecule has 300 valence electrons. The maximum atomic E-state index is 12.5. The van der Waals surface area contributed by atoms with Crippen LogP contribution in [-0.2, 0) is 18.9 Å². The van der Waals surface area contributed by atoms with Gasteiger partial charge in [0.25, 0.3) is 0 Å². The van der Waals surface area contributed by atoms with E-state index in [1.165, 1.54) is 21.3 Å². The van der Waals surface area contributed by atoms with Crippen molar-refractivity contribution in [2.75, 3.05) is 27.9 Å². The molecule has 2 heterocycles. The molecule has 0 saturated carbocycles. The predicted molar refractivity (Wildman–Crippen MR) is 230 cm³/mol. The van der Waals surface area contributed by atoms with Gasteiger partial charge in [0.2, 0.25) is 0 Å². The Balaban J connectivity index is 1.23. The minimum absolute atomic E-state index is 0.261. The molecule has 0 atom stereocenters. The van der Waals surface area contributed by atoms with Gasteiger partial charge >= 0.3 is 23.9 Å². The van der Waals surface area contributed by atoms with E-state index in [0.29, 0.717) is 67.1 Å². The summed E-state index contributed by atoms with van der Waals surface area (Å²) in [5.41, 5.74) is 11.1. The van der Waals surface area contributed by atoms with Gasteiger partial charge in [-0.15, -0.1) is 0 Å². The van der Waals surface area contributed by atoms with Crippen LogP contribution in [0, 0.1) is 0 Å². The van der Waals surface area contributed by atoms with Crippen LogP contribution in [0.2, 0.25) is 0 Å². The molecule has 0 N–H and O–H groups in total. The van der Waals surface area contributed by atoms with Gasteiger partial charge in [0.15, 0.2) is 0 Å². The summed E-state index contributed by atoms with van der Waals surface area (Å²) in [6, 6.07) is 39.5. The van der Waals surface area contributed by atoms with E-state index < -0.39 is 23.9 Å². The molecule has 0 amide bonds. The van der Waals surface area contributed by atoms with E-state index in [4.69, 9.17) is 38.9 Å². The Labute approximate surface area is 349 Å². The van der Waals surface area contributed by atoms with Crippen molar-refractivity contribution in [3.63, 3.8) is 0 Å². The second kappa shape index (κ2) is 17.0. The highest BCUT2D eigenvalue weighted by molar-refractivity contribution is 5.96. The zero-order valence-electron chi connectivity index (χ0n) is 33.5. The van der Waals surface area contributed by atoms with Crippen molar-refractivity contribution in [3.8, 4) is 56.2 Å². The van der Waals surface area contributed by atoms with E-state index in [9.17, 15) is 19.2 Å². The summed E-state index contributed by atoms with van der Waals surface area (Å²) in [6.07, 6.45) is 0. The molecule has 0 spiro atoms. The van der Waals surface area contributed by atoms with E-state index in [0.717, 1.165) is 33.4 Å². The standard InChI is InChI=1S/C49H36N4O8/c1-5-61-49(57)35-20-12-31(13-21-35)45-43(29-8-16-33(17-9-29)47(55)59-3)51-39-25-23-37(27-41(39)53-45)36-22-24-38-40(26-36)52-44(30-10-18-34(19-11-30)48(56)60-4)42(50-38)28-6-14-32(15-7-28)46(54)58-2/h6-27H,5H2,1-4H3. The largest absolute Gasteiger partial charge is 0.465 e. The molecule has 2 aromatic heterocycles. The summed E-state index contributed by atoms with van der Waals surface area (Å²) < 4.78 is 19.9. The molecule has 0 radical (unpaired) electrons. The molecule has 6 aromatic carbocycles. The lowest BCUT2D eigenvalue weighted by atomic mass is 9.99. The smallest absolute Gasteiger partial charge is 0.338 e. The molecule has 0 aliphatic carbocycles. The first kappa shape index (κ1) is 39.7. The van der Waals surface area contributed by atoms with Gasteiger partial charge in [-0.1, -0.05) is 60.7 Å². The maximum Gasteiger partial charge on any atom is 0.338 e. The first-order valence-electron chi connectivity index (χ1n) is 19.2. The molecule has 8 rings (SSSR count). The van der Waals surface area contributed by atoms with Gasteiger partial charge in [-0.05, 0) is 90.8 Å². The van der Waals surface area contributed by atoms with Crippen LogP contribution in [0.15, 0.2) is 133 Å². The Bertz CT molecular complexity index is 2990. The molecule has 0 bridgehead atoms. The number of carbonyl (C=O) groups is 4. The average Bonchev–Trinajstić information content (AvgIpc) is 3.32. The number of benzene rings is 6. The third kappa shape index (κ3) is 8.02. The molecule has 12 heteroatoms. The van der Waals surface area contributed by atoms with Gasteiger partial charge in [-0.3, -0.25) is 0 Å². The van der Waals surface area contributed by atoms with Crippen molar-refractivity contribution in [3.05, 3.63) is 156 Å². The minimum Gasteiger partial charge on any atom is -0.465 e. The molecule has 12 nitrogen and oxygen atoms in total. The number of hydrogen-bond donors (Lipinski definition) is 0. The zero-order chi connectivity index (χ0) is 42.6. The van der Waals surface area contributed by atoms with Crippen molar-refractivity contribution in [1.82, 2.24) is 19.9 Å². The number of nitrogens with zero attached hydrogens (tertiary/aromatic N) is 4. The predicted octanol–water partition coefficient (Wildman–Crippen LogP) is 9.44. The van der Waals surface area contributed by atoms with Gasteiger partial charge in [-0.2, -0.15) is 0 Å². The Morgan fingerprint density at radius 3 is 0.902 bits per heavy atom. The van der Waals surface area contributed by atoms with Gasteiger partial charge in [0.1, 0.15) is 0 Å². The maximum absolute atomic E-state index is 12.5. The Kier molecular flexibility index (Phi) is 11.1. The zero-order valence-corrected chi connectivity index (χ0v) is 33.5. The third-order valence-corrected chi connectivity index (χ3v) is 10.1. The fourth-order valence-electron chi connectivity index (χ4n) is 6.90. The summed E-state index contributed by atoms with van der Waals surface area (Å²) in [5.74, 6) is -1.77. The van der Waals surface area contributed by atoms with Crippen molar-refractivity contribution >= 4 is 45.9 Å². The van der Waals surface area contributed by atoms with E-state index in [2.05, 4.69) is 0 Å². The van der Waals surface area contributed by atoms with Crippen LogP contribution in [0.1, 0.15) is 48.4 Å². The molecule has 0 aliphatic heterocycles. The van der Waals surface area contributed by atoms with E-state index in [1.54, 1.807) is 91.9 Å². The molecule has 0 saturated heterocycles. The highest BCUT2D eigenvalue weighted by atomic mass is 16.5. The monoisotopic (exact) mass is 808 g/mol. The first-order chi connectivity index (χ1) is 29.7. The van der Waals surface area contributed by atoms with Crippen LogP contribution >= 0.6 is 0 Å². The summed E-state index contributed by atoms with van der Waals surface area (Å²) in [7, 11) is 4.00. The van der Waals surface area contributed by atoms with E-state index in [-0.39, 0.29) is 6.61 Å². The van der Waals surface area contributed by atoms with Crippen molar-refractivity contribution < 1.29 is 38.1 Å². The SMILES string of the molecule is CCOC(=O)c1ccc(-c2nc3cc(-c4ccc5nc(-c6ccc(C(=O)OC)cc6)c(-c6ccc(C(=O)OC)cc6)nc5c4)ccc3nc2-c2ccc(C(=O)OC)cc2)cc1. The van der Waals surface area contributed by atoms with Crippen LogP contribution in [-0.4, -0.2) is 71.7 Å². The molecule has 61 heavy (non-hydrogen) atoms. The number of rotatable bonds is 10. The number of carbonyl (C=O) groups excluding carboxylic acids is 4. The highest BCUT2D eigenvalue weighted by Crippen LogP contribution is 2.36. The van der Waals surface area contributed by atoms with E-state index >= 15 is 0 Å². The lowest BCUT2D eigenvalue weighted by molar-refractivity contribution is 0.0523. The number of hydrogen-bond acceptors (Lipinski definition) is 12. The van der Waals surface area contributed by atoms with Gasteiger partial charge in [0.05, 0.1) is 95.0 Å². The lowest BCUT2D eigenvalue weighted by Crippen LogP contribution is -2.04. The topological polar surface area (TPSA) is 157 Å². The van der Waals surface area contributed by atoms with Crippen LogP contribution < -0.4 is 0 Å². The lowest BCUT2D eigenvalue weighted by Gasteiger charge is -2.13. The summed E-state index contributed by atoms with van der Waals surface area (Å²) in [5, 5.41) is 0. The molecule has 8 aromatic rings. The van der Waals surface area contributed by atoms with Crippen molar-refractivity contribution in [2.24, 2.45) is 0 Å². The summed E-state index contributed by atoms with van der Waals surface area (Å²) in [4.78, 5) is 69.5. The Morgan fingerprint density at radius 2 is 0.623 bits per heavy atom. The summed E-state index contributed by atoms with van der Waals surface area (Å²) >= 11 is 0. The van der Waals surface area contributed by atoms with Crippen LogP contribution in [0.5, 0.6) is 0 Å².